The molecular formula is C21H47N3O10P2. The summed E-state index contributed by atoms with van der Waals surface area (Å²) in [5.41, 5.74) is 9.81. The number of carbonyl (C=O) groups excluding carboxylic acids is 6. The molecule has 0 saturated heterocycles. The number of hydrogen-bond acceptors (Lipinski definition) is 12. The first kappa shape index (κ1) is 47.1. The summed E-state index contributed by atoms with van der Waals surface area (Å²) in [6.45, 7) is 8.39. The monoisotopic (exact) mass is 563 g/mol. The summed E-state index contributed by atoms with van der Waals surface area (Å²) in [7, 11) is 4.67. The molecule has 0 heterocycles. The van der Waals surface area contributed by atoms with E-state index in [0.717, 1.165) is 0 Å². The van der Waals surface area contributed by atoms with Gasteiger partial charge in [-0.3, -0.25) is 9.59 Å². The number of rotatable bonds is 10. The van der Waals surface area contributed by atoms with Crippen LogP contribution in [0.2, 0.25) is 0 Å². The van der Waals surface area contributed by atoms with Crippen LogP contribution >= 0.6 is 17.9 Å². The highest BCUT2D eigenvalue weighted by Gasteiger charge is 2.16. The van der Waals surface area contributed by atoms with Crippen molar-refractivity contribution >= 4 is 53.4 Å². The lowest BCUT2D eigenvalue weighted by Crippen LogP contribution is -2.33. The van der Waals surface area contributed by atoms with Crippen LogP contribution in [-0.2, 0) is 47.7 Å². The van der Waals surface area contributed by atoms with Crippen LogP contribution in [0.5, 0.6) is 0 Å². The molecule has 0 rings (SSSR count). The fourth-order valence-electron chi connectivity index (χ4n) is 1.41. The molecule has 0 aromatic heterocycles. The third-order valence-electron chi connectivity index (χ3n) is 2.71. The van der Waals surface area contributed by atoms with E-state index in [0.29, 0.717) is 13.1 Å². The summed E-state index contributed by atoms with van der Waals surface area (Å²) >= 11 is 0. The van der Waals surface area contributed by atoms with Gasteiger partial charge in [0.25, 0.3) is 0 Å². The van der Waals surface area contributed by atoms with Gasteiger partial charge in [-0.05, 0) is 34.1 Å². The summed E-state index contributed by atoms with van der Waals surface area (Å²) in [6, 6.07) is 0. The van der Waals surface area contributed by atoms with E-state index in [1.807, 2.05) is 0 Å². The third-order valence-corrected chi connectivity index (χ3v) is 2.71. The zero-order valence-electron chi connectivity index (χ0n) is 20.3. The summed E-state index contributed by atoms with van der Waals surface area (Å²) < 4.78 is 17.6. The van der Waals surface area contributed by atoms with Crippen molar-refractivity contribution in [3.8, 4) is 0 Å². The van der Waals surface area contributed by atoms with E-state index in [9.17, 15) is 28.8 Å². The molecule has 0 aliphatic rings. The standard InChI is InChI=1S/C11H17NO6.C6H10O4.C2H8N2.2CH4.H4P2/c1-3-17-10(15)8(13)6-5-7-12-9(14)11(16)18-4-2;1-3-9-5(7)6(8)10-4-2;3-1-2-4;;;1-2/h3-7H2,1-2H3,(H,12,14);3-4H2,1-2H3;1-4H2;2*1H4;1-2H2. The van der Waals surface area contributed by atoms with Crippen LogP contribution in [-0.4, -0.2) is 81.6 Å². The Kier molecular flexibility index (Phi) is 48.8. The molecule has 0 radical (unpaired) electrons. The molecule has 216 valence electrons. The molecule has 0 saturated carbocycles. The van der Waals surface area contributed by atoms with E-state index in [-0.39, 0.29) is 60.7 Å². The fraction of sp³-hybridized carbons (Fsp3) is 0.714. The Morgan fingerprint density at radius 2 is 0.972 bits per heavy atom. The van der Waals surface area contributed by atoms with Crippen molar-refractivity contribution in [3.63, 3.8) is 0 Å². The fourth-order valence-corrected chi connectivity index (χ4v) is 1.41. The number of nitrogens with two attached hydrogens (primary N) is 2. The van der Waals surface area contributed by atoms with Crippen molar-refractivity contribution in [2.45, 2.75) is 55.4 Å². The quantitative estimate of drug-likeness (QED) is 0.109. The molecule has 1 amide bonds. The number of ether oxygens (including phenoxy) is 4. The Morgan fingerprint density at radius 3 is 1.31 bits per heavy atom. The van der Waals surface area contributed by atoms with Gasteiger partial charge in [0.05, 0.1) is 26.4 Å². The van der Waals surface area contributed by atoms with Crippen LogP contribution in [0.25, 0.3) is 0 Å². The van der Waals surface area contributed by atoms with E-state index in [1.165, 1.54) is 0 Å². The maximum Gasteiger partial charge on any atom is 0.417 e. The second-order valence-electron chi connectivity index (χ2n) is 5.24. The van der Waals surface area contributed by atoms with Crippen LogP contribution in [0, 0.1) is 0 Å². The first-order chi connectivity index (χ1) is 16.2. The van der Waals surface area contributed by atoms with Crippen LogP contribution in [0.1, 0.15) is 55.4 Å². The van der Waals surface area contributed by atoms with Crippen LogP contribution in [0.15, 0.2) is 0 Å². The molecule has 0 fully saturated rings. The number of carbonyl (C=O) groups is 6. The minimum atomic E-state index is -0.964. The van der Waals surface area contributed by atoms with Crippen LogP contribution < -0.4 is 16.8 Å². The minimum Gasteiger partial charge on any atom is -0.460 e. The van der Waals surface area contributed by atoms with Crippen molar-refractivity contribution in [2.24, 2.45) is 11.5 Å². The number of ketones is 1. The average molecular weight is 564 g/mol. The van der Waals surface area contributed by atoms with Gasteiger partial charge in [0.1, 0.15) is 0 Å². The summed E-state index contributed by atoms with van der Waals surface area (Å²) in [6.07, 6.45) is 0.213. The molecule has 2 atom stereocenters. The van der Waals surface area contributed by atoms with Gasteiger partial charge in [-0.15, -0.1) is 17.9 Å². The van der Waals surface area contributed by atoms with Crippen molar-refractivity contribution in [1.29, 1.82) is 0 Å². The Balaban J connectivity index is -0.000000106. The largest absolute Gasteiger partial charge is 0.460 e. The van der Waals surface area contributed by atoms with Gasteiger partial charge < -0.3 is 35.7 Å². The van der Waals surface area contributed by atoms with Crippen molar-refractivity contribution in [2.75, 3.05) is 46.1 Å². The highest BCUT2D eigenvalue weighted by atomic mass is 32.0. The first-order valence-electron chi connectivity index (χ1n) is 10.4. The van der Waals surface area contributed by atoms with E-state index in [4.69, 9.17) is 11.5 Å². The lowest BCUT2D eigenvalue weighted by molar-refractivity contribution is -0.167. The van der Waals surface area contributed by atoms with Crippen LogP contribution in [0.3, 0.4) is 0 Å². The molecule has 5 N–H and O–H groups in total. The zero-order chi connectivity index (χ0) is 27.4. The summed E-state index contributed by atoms with van der Waals surface area (Å²) in [5.74, 6) is -5.21. The predicted octanol–water partition coefficient (Wildman–Crippen LogP) is 0.518. The van der Waals surface area contributed by atoms with Crippen molar-refractivity contribution in [3.05, 3.63) is 0 Å². The van der Waals surface area contributed by atoms with Gasteiger partial charge in [0.2, 0.25) is 5.78 Å². The number of hydrogen-bond donors (Lipinski definition) is 3. The van der Waals surface area contributed by atoms with Crippen LogP contribution in [0.4, 0.5) is 0 Å². The van der Waals surface area contributed by atoms with E-state index < -0.39 is 35.6 Å². The zero-order valence-corrected chi connectivity index (χ0v) is 22.6. The van der Waals surface area contributed by atoms with Gasteiger partial charge >= 0.3 is 29.8 Å². The van der Waals surface area contributed by atoms with Gasteiger partial charge in [-0.25, -0.2) is 19.2 Å². The Labute approximate surface area is 219 Å². The molecule has 13 nitrogen and oxygen atoms in total. The first-order valence-corrected chi connectivity index (χ1v) is 13.0. The van der Waals surface area contributed by atoms with Gasteiger partial charge in [0, 0.05) is 26.1 Å². The van der Waals surface area contributed by atoms with E-state index >= 15 is 0 Å². The molecule has 2 unspecified atom stereocenters. The molecule has 0 spiro atoms. The maximum atomic E-state index is 11.1. The minimum absolute atomic E-state index is 0. The Bertz CT molecular complexity index is 544. The maximum absolute atomic E-state index is 11.1. The lowest BCUT2D eigenvalue weighted by Gasteiger charge is -2.04. The molecule has 15 heteroatoms. The van der Waals surface area contributed by atoms with Crippen molar-refractivity contribution < 1.29 is 47.7 Å². The predicted molar refractivity (Wildman–Crippen MR) is 145 cm³/mol. The second kappa shape index (κ2) is 37.4. The van der Waals surface area contributed by atoms with Gasteiger partial charge in [-0.2, -0.15) is 0 Å². The molecule has 36 heavy (non-hydrogen) atoms. The molecular weight excluding hydrogens is 516 g/mol. The summed E-state index contributed by atoms with van der Waals surface area (Å²) in [5, 5.41) is 2.28. The highest BCUT2D eigenvalue weighted by molar-refractivity contribution is 7.92. The van der Waals surface area contributed by atoms with Crippen molar-refractivity contribution in [1.82, 2.24) is 5.32 Å². The van der Waals surface area contributed by atoms with E-state index in [1.54, 1.807) is 27.7 Å². The highest BCUT2D eigenvalue weighted by Crippen LogP contribution is 1.93. The number of nitrogens with one attached hydrogen (secondary N) is 1. The summed E-state index contributed by atoms with van der Waals surface area (Å²) in [4.78, 5) is 64.9. The number of Topliss-reactive ketones (excluding diaryl/α,β-unsaturated/α-hetero) is 1. The van der Waals surface area contributed by atoms with E-state index in [2.05, 4.69) is 42.1 Å². The second-order valence-corrected chi connectivity index (χ2v) is 5.24. The molecule has 0 aromatic rings. The number of amides is 1. The smallest absolute Gasteiger partial charge is 0.417 e. The molecule has 0 aliphatic carbocycles. The number of esters is 4. The SMILES string of the molecule is C.C.CCOC(=O)C(=O)CCCNC(=O)C(=O)OCC.CCOC(=O)C(=O)OCC.NCCN.PP. The topological polar surface area (TPSA) is 203 Å². The molecule has 0 aliphatic heterocycles. The third kappa shape index (κ3) is 34.0. The molecule has 0 bridgehead atoms. The lowest BCUT2D eigenvalue weighted by atomic mass is 10.2. The normalized spacial score (nSPS) is 8.11. The Morgan fingerprint density at radius 1 is 0.639 bits per heavy atom. The van der Waals surface area contributed by atoms with Gasteiger partial charge in [0.15, 0.2) is 0 Å². The molecule has 0 aromatic carbocycles. The average Bonchev–Trinajstić information content (AvgIpc) is 2.83. The Hall–Kier alpha value is -2.20. The van der Waals surface area contributed by atoms with Gasteiger partial charge in [-0.1, -0.05) is 14.9 Å².